The van der Waals surface area contributed by atoms with Crippen molar-refractivity contribution in [1.82, 2.24) is 38.8 Å². The van der Waals surface area contributed by atoms with E-state index in [2.05, 4.69) is 75.3 Å². The van der Waals surface area contributed by atoms with Gasteiger partial charge in [-0.2, -0.15) is 0 Å². The number of piperidine rings is 1. The standard InChI is InChI=1S/C46H58N4O9.C16H21NO2.C11H14N4O4/c1-8-42(54)23-28-24-45(40(52)57-6,36-30(15-19-49(25-28)26-42)29-13-10-11-14-33(29)47-36)32-21-31-34(22-35(32)56-5)48(4)38-44(31)17-20-50-18-12-16-43(9-2,37(44)50)39(59-27(3)51)46(38,55)41(53)58-7;1-12(2)17-10-14(18)11-19-16-9-5-7-13-6-3-4-8-15(13)16;1-13-9-8(10(16)14(2)11(13)17)15(6-12-9)5-7-18-3-4-19-7/h10-14,16,21-22,28,37-39,47,54-55H,8-9,15,17-20,23-26H2,1-7H3;3-9,12,14,17-18H,10-11H2,1-2H3;6-7H,3-5H2,1-2H3/t28-,37-,38+,39+,42-,43+,44+,45-,46-;;/m0../s1. The van der Waals surface area contributed by atoms with Crippen molar-refractivity contribution < 1.29 is 62.9 Å². The smallest absolute Gasteiger partial charge is 0.344 e. The maximum atomic E-state index is 15.3. The molecule has 3 aromatic heterocycles. The van der Waals surface area contributed by atoms with Gasteiger partial charge in [0, 0.05) is 123 Å². The maximum Gasteiger partial charge on any atom is 0.344 e. The number of para-hydroxylation sites is 1. The van der Waals surface area contributed by atoms with Crippen LogP contribution in [0.1, 0.15) is 89.1 Å². The van der Waals surface area contributed by atoms with Gasteiger partial charge in [-0.1, -0.05) is 94.4 Å². The number of aliphatic hydroxyl groups excluding tert-OH is 1. The molecular formula is C73H93N9O15. The fraction of sp³-hybridized carbons (Fsp3) is 0.534. The Morgan fingerprint density at radius 3 is 2.27 bits per heavy atom. The average Bonchev–Trinajstić information content (AvgIpc) is 1.50. The molecule has 4 fully saturated rings. The molecule has 2 bridgehead atoms. The van der Waals surface area contributed by atoms with Crippen LogP contribution < -0.4 is 30.9 Å². The SMILES string of the molecule is CC(C)NCC(O)COc1cccc2ccccc12.CC[C@]1(O)C[C@@H]2CN(CCc3c([nH]c4ccccc34)[C@@](C(=O)OC)(c3cc4c(cc3OC)N(C)[C@H]3[C@@](O)(C(=O)OC)[C@H](OC(C)=O)[C@]5(CC)C=CCN6CC[C@]43[C@@H]65)C2)C1.Cn1c(=O)c2c(ncn2CC2OCCO2)n(C)c1=O. The van der Waals surface area contributed by atoms with Crippen molar-refractivity contribution in [3.05, 3.63) is 141 Å². The number of aromatic amines is 1. The monoisotopic (exact) mass is 1340 g/mol. The third-order valence-electron chi connectivity index (χ3n) is 21.8. The third-order valence-corrected chi connectivity index (χ3v) is 21.8. The van der Waals surface area contributed by atoms with E-state index in [1.807, 2.05) is 80.4 Å². The number of H-pyrrole nitrogens is 1. The lowest BCUT2D eigenvalue weighted by Gasteiger charge is -2.63. The number of aryl methyl sites for hydroxylation is 1. The van der Waals surface area contributed by atoms with Crippen LogP contribution in [0.4, 0.5) is 5.69 Å². The van der Waals surface area contributed by atoms with Gasteiger partial charge in [0.15, 0.2) is 23.6 Å². The number of carbonyl (C=O) groups excluding carboxylic acids is 3. The number of imidazole rings is 1. The fourth-order valence-corrected chi connectivity index (χ4v) is 17.7. The Balaban J connectivity index is 0.000000190. The quantitative estimate of drug-likeness (QED) is 0.0490. The first kappa shape index (κ1) is 69.0. The summed E-state index contributed by atoms with van der Waals surface area (Å²) >= 11 is 0. The number of carbonyl (C=O) groups is 3. The predicted molar refractivity (Wildman–Crippen MR) is 365 cm³/mol. The Bertz CT molecular complexity index is 4260. The molecule has 1 saturated carbocycles. The topological polar surface area (TPSA) is 276 Å². The third kappa shape index (κ3) is 11.6. The molecule has 9 heterocycles. The van der Waals surface area contributed by atoms with Crippen molar-refractivity contribution >= 4 is 56.4 Å². The van der Waals surface area contributed by atoms with Crippen LogP contribution in [-0.2, 0) is 76.0 Å². The van der Waals surface area contributed by atoms with Crippen LogP contribution in [0.3, 0.4) is 0 Å². The van der Waals surface area contributed by atoms with Crippen LogP contribution in [-0.4, -0.2) is 202 Å². The van der Waals surface area contributed by atoms with Gasteiger partial charge in [-0.15, -0.1) is 0 Å². The first-order valence-electron chi connectivity index (χ1n) is 33.8. The van der Waals surface area contributed by atoms with Gasteiger partial charge in [0.2, 0.25) is 5.60 Å². The number of rotatable bonds is 15. The molecule has 14 rings (SSSR count). The van der Waals surface area contributed by atoms with E-state index in [4.69, 9.17) is 33.2 Å². The number of methoxy groups -OCH3 is 3. The van der Waals surface area contributed by atoms with Crippen LogP contribution in [0, 0.1) is 11.3 Å². The second-order valence-electron chi connectivity index (χ2n) is 27.7. The minimum absolute atomic E-state index is 0.0986. The highest BCUT2D eigenvalue weighted by Gasteiger charge is 2.80. The maximum absolute atomic E-state index is 15.3. The summed E-state index contributed by atoms with van der Waals surface area (Å²) in [7, 11) is 9.19. The summed E-state index contributed by atoms with van der Waals surface area (Å²) in [6.45, 7) is 15.1. The summed E-state index contributed by atoms with van der Waals surface area (Å²) in [6.07, 6.45) is 6.59. The van der Waals surface area contributed by atoms with Gasteiger partial charge < -0.3 is 68.2 Å². The molecule has 4 aromatic carbocycles. The lowest BCUT2D eigenvalue weighted by Crippen LogP contribution is -2.81. The molecule has 6 aliphatic heterocycles. The van der Waals surface area contributed by atoms with Crippen LogP contribution in [0.5, 0.6) is 11.5 Å². The summed E-state index contributed by atoms with van der Waals surface area (Å²) in [4.78, 5) is 81.2. The van der Waals surface area contributed by atoms with E-state index in [-0.39, 0.29) is 23.8 Å². The Hall–Kier alpha value is -7.94. The minimum Gasteiger partial charge on any atom is -0.496 e. The average molecular weight is 1340 g/mol. The van der Waals surface area contributed by atoms with Crippen LogP contribution in [0.25, 0.3) is 32.8 Å². The molecular weight excluding hydrogens is 1240 g/mol. The Morgan fingerprint density at radius 1 is 0.845 bits per heavy atom. The minimum atomic E-state index is -2.30. The van der Waals surface area contributed by atoms with Gasteiger partial charge in [-0.3, -0.25) is 33.3 Å². The van der Waals surface area contributed by atoms with Gasteiger partial charge >= 0.3 is 23.6 Å². The highest BCUT2D eigenvalue weighted by molar-refractivity contribution is 5.95. The lowest BCUT2D eigenvalue weighted by atomic mass is 9.47. The van der Waals surface area contributed by atoms with Crippen molar-refractivity contribution in [2.75, 3.05) is 92.4 Å². The van der Waals surface area contributed by atoms with Gasteiger partial charge in [-0.25, -0.2) is 14.6 Å². The molecule has 11 atom stereocenters. The number of anilines is 1. The number of aliphatic hydroxyl groups is 3. The molecule has 1 spiro atoms. The number of fused-ring (bicyclic) bond motifs is 8. The van der Waals surface area contributed by atoms with Gasteiger partial charge in [0.05, 0.1) is 59.1 Å². The van der Waals surface area contributed by atoms with Crippen molar-refractivity contribution in [3.63, 3.8) is 0 Å². The Kier molecular flexibility index (Phi) is 19.2. The van der Waals surface area contributed by atoms with E-state index in [0.717, 1.165) is 54.5 Å². The zero-order valence-corrected chi connectivity index (χ0v) is 57.5. The number of ether oxygens (including phenoxy) is 7. The molecule has 1 aliphatic carbocycles. The molecule has 24 heteroatoms. The molecule has 3 saturated heterocycles. The fourth-order valence-electron chi connectivity index (χ4n) is 17.7. The largest absolute Gasteiger partial charge is 0.496 e. The molecule has 24 nitrogen and oxygen atoms in total. The Morgan fingerprint density at radius 2 is 1.57 bits per heavy atom. The van der Waals surface area contributed by atoms with Crippen LogP contribution in [0.15, 0.2) is 107 Å². The van der Waals surface area contributed by atoms with Crippen molar-refractivity contribution in [1.29, 1.82) is 0 Å². The first-order valence-corrected chi connectivity index (χ1v) is 33.8. The summed E-state index contributed by atoms with van der Waals surface area (Å²) < 4.78 is 44.4. The van der Waals surface area contributed by atoms with E-state index in [1.165, 1.54) is 39.1 Å². The van der Waals surface area contributed by atoms with E-state index in [0.29, 0.717) is 133 Å². The molecule has 520 valence electrons. The summed E-state index contributed by atoms with van der Waals surface area (Å²) in [5, 5.41) is 41.6. The number of hydrogen-bond acceptors (Lipinski definition) is 20. The summed E-state index contributed by atoms with van der Waals surface area (Å²) in [5.74, 6) is -0.742. The lowest BCUT2D eigenvalue weighted by molar-refractivity contribution is -0.228. The number of aromatic nitrogens is 5. The second-order valence-corrected chi connectivity index (χ2v) is 27.7. The van der Waals surface area contributed by atoms with Crippen LogP contribution >= 0.6 is 0 Å². The van der Waals surface area contributed by atoms with Crippen molar-refractivity contribution in [2.24, 2.45) is 25.4 Å². The Labute approximate surface area is 564 Å². The van der Waals surface area contributed by atoms with E-state index in [9.17, 15) is 34.5 Å². The van der Waals surface area contributed by atoms with E-state index >= 15 is 4.79 Å². The molecule has 0 amide bonds. The molecule has 97 heavy (non-hydrogen) atoms. The molecule has 2 unspecified atom stereocenters. The highest BCUT2D eigenvalue weighted by atomic mass is 16.7. The van der Waals surface area contributed by atoms with E-state index < -0.39 is 69.3 Å². The van der Waals surface area contributed by atoms with E-state index in [1.54, 1.807) is 18.7 Å². The molecule has 5 N–H and O–H groups in total. The zero-order chi connectivity index (χ0) is 69.1. The summed E-state index contributed by atoms with van der Waals surface area (Å²) in [6, 6.07) is 25.4. The number of benzene rings is 4. The normalized spacial score (nSPS) is 28.2. The first-order chi connectivity index (χ1) is 46.5. The van der Waals surface area contributed by atoms with Crippen molar-refractivity contribution in [3.8, 4) is 11.5 Å². The number of nitrogens with zero attached hydrogens (tertiary/aromatic N) is 7. The zero-order valence-electron chi connectivity index (χ0n) is 57.5. The highest BCUT2D eigenvalue weighted by Crippen LogP contribution is 2.68. The van der Waals surface area contributed by atoms with Gasteiger partial charge in [0.25, 0.3) is 5.56 Å². The van der Waals surface area contributed by atoms with Crippen LogP contribution in [0.2, 0.25) is 0 Å². The molecule has 7 aliphatic rings. The summed E-state index contributed by atoms with van der Waals surface area (Å²) in [5.41, 5.74) is -1.64. The van der Waals surface area contributed by atoms with Gasteiger partial charge in [-0.05, 0) is 85.7 Å². The molecule has 0 radical (unpaired) electrons. The predicted octanol–water partition coefficient (Wildman–Crippen LogP) is 5.38. The number of hydrogen-bond donors (Lipinski definition) is 5. The molecule has 7 aromatic rings. The number of esters is 3. The number of nitrogens with one attached hydrogen (secondary N) is 2. The second kappa shape index (κ2) is 27.1. The van der Waals surface area contributed by atoms with Gasteiger partial charge in [0.1, 0.15) is 29.6 Å². The number of likely N-dealkylation sites (N-methyl/N-ethyl adjacent to an activating group) is 1. The van der Waals surface area contributed by atoms with Crippen molar-refractivity contribution in [2.45, 2.75) is 138 Å².